The van der Waals surface area contributed by atoms with E-state index in [1.54, 1.807) is 36.4 Å². The van der Waals surface area contributed by atoms with Gasteiger partial charge in [-0.25, -0.2) is 0 Å². The molecule has 0 saturated heterocycles. The van der Waals surface area contributed by atoms with Gasteiger partial charge in [0, 0.05) is 12.1 Å². The zero-order chi connectivity index (χ0) is 19.8. The molecule has 0 aliphatic heterocycles. The average Bonchev–Trinajstić information content (AvgIpc) is 2.60. The molecular formula is C19H20Cl2N2O4. The van der Waals surface area contributed by atoms with Gasteiger partial charge in [0.15, 0.2) is 0 Å². The molecule has 8 heteroatoms. The molecule has 27 heavy (non-hydrogen) atoms. The van der Waals surface area contributed by atoms with Crippen molar-refractivity contribution in [3.8, 4) is 11.5 Å². The van der Waals surface area contributed by atoms with E-state index in [1.165, 1.54) is 0 Å². The van der Waals surface area contributed by atoms with E-state index < -0.39 is 11.8 Å². The molecular weight excluding hydrogens is 391 g/mol. The second kappa shape index (κ2) is 10.0. The average molecular weight is 411 g/mol. The molecule has 0 fully saturated rings. The zero-order valence-electron chi connectivity index (χ0n) is 15.0. The second-order valence-electron chi connectivity index (χ2n) is 5.42. The van der Waals surface area contributed by atoms with Gasteiger partial charge in [0.2, 0.25) is 11.8 Å². The van der Waals surface area contributed by atoms with Gasteiger partial charge in [-0.15, -0.1) is 0 Å². The molecule has 0 spiro atoms. The van der Waals surface area contributed by atoms with Gasteiger partial charge in [-0.3, -0.25) is 9.59 Å². The van der Waals surface area contributed by atoms with Crippen LogP contribution >= 0.6 is 23.2 Å². The van der Waals surface area contributed by atoms with E-state index in [4.69, 9.17) is 32.7 Å². The fourth-order valence-electron chi connectivity index (χ4n) is 2.24. The molecule has 0 unspecified atom stereocenters. The Kier molecular flexibility index (Phi) is 7.76. The number of carbonyl (C=O) groups is 2. The molecule has 0 bridgehead atoms. The lowest BCUT2D eigenvalue weighted by Gasteiger charge is -2.11. The van der Waals surface area contributed by atoms with E-state index >= 15 is 0 Å². The molecule has 144 valence electrons. The predicted molar refractivity (Wildman–Crippen MR) is 107 cm³/mol. The van der Waals surface area contributed by atoms with Crippen molar-refractivity contribution in [1.29, 1.82) is 0 Å². The molecule has 2 aromatic rings. The SMILES string of the molecule is CCOc1ccc(NC(=O)CC(=O)Nc2ccc(OCC)cc2Cl)c(Cl)c1. The van der Waals surface area contributed by atoms with Crippen LogP contribution in [-0.2, 0) is 9.59 Å². The Hall–Kier alpha value is -2.44. The maximum Gasteiger partial charge on any atom is 0.233 e. The predicted octanol–water partition coefficient (Wildman–Crippen LogP) is 4.76. The molecule has 0 heterocycles. The van der Waals surface area contributed by atoms with Crippen LogP contribution in [0.2, 0.25) is 10.0 Å². The van der Waals surface area contributed by atoms with E-state index in [2.05, 4.69) is 10.6 Å². The third-order valence-corrected chi connectivity index (χ3v) is 4.00. The van der Waals surface area contributed by atoms with Crippen LogP contribution in [0, 0.1) is 0 Å². The summed E-state index contributed by atoms with van der Waals surface area (Å²) in [6.45, 7) is 4.74. The fourth-order valence-corrected chi connectivity index (χ4v) is 2.68. The van der Waals surface area contributed by atoms with E-state index in [9.17, 15) is 9.59 Å². The Morgan fingerprint density at radius 2 is 1.22 bits per heavy atom. The molecule has 0 aliphatic carbocycles. The van der Waals surface area contributed by atoms with E-state index in [0.29, 0.717) is 46.1 Å². The van der Waals surface area contributed by atoms with Crippen LogP contribution in [0.3, 0.4) is 0 Å². The van der Waals surface area contributed by atoms with Gasteiger partial charge in [0.1, 0.15) is 17.9 Å². The van der Waals surface area contributed by atoms with Gasteiger partial charge in [-0.2, -0.15) is 0 Å². The van der Waals surface area contributed by atoms with Crippen LogP contribution in [-0.4, -0.2) is 25.0 Å². The summed E-state index contributed by atoms with van der Waals surface area (Å²) in [7, 11) is 0. The Bertz CT molecular complexity index is 760. The molecule has 6 nitrogen and oxygen atoms in total. The van der Waals surface area contributed by atoms with Crippen LogP contribution in [0.5, 0.6) is 11.5 Å². The van der Waals surface area contributed by atoms with Crippen molar-refractivity contribution in [3.63, 3.8) is 0 Å². The van der Waals surface area contributed by atoms with Gasteiger partial charge in [-0.05, 0) is 38.1 Å². The maximum absolute atomic E-state index is 12.1. The van der Waals surface area contributed by atoms with Crippen LogP contribution in [0.25, 0.3) is 0 Å². The monoisotopic (exact) mass is 410 g/mol. The van der Waals surface area contributed by atoms with Crippen LogP contribution in [0.1, 0.15) is 20.3 Å². The summed E-state index contributed by atoms with van der Waals surface area (Å²) in [6.07, 6.45) is -0.382. The summed E-state index contributed by atoms with van der Waals surface area (Å²) in [5, 5.41) is 5.84. The van der Waals surface area contributed by atoms with Crippen molar-refractivity contribution in [2.45, 2.75) is 20.3 Å². The highest BCUT2D eigenvalue weighted by atomic mass is 35.5. The molecule has 0 radical (unpaired) electrons. The molecule has 2 rings (SSSR count). The second-order valence-corrected chi connectivity index (χ2v) is 6.24. The minimum atomic E-state index is -0.499. The number of benzene rings is 2. The standard InChI is InChI=1S/C19H20Cl2N2O4/c1-3-26-12-5-7-16(14(20)9-12)22-18(24)11-19(25)23-17-8-6-13(27-4-2)10-15(17)21/h5-10H,3-4,11H2,1-2H3,(H,22,24)(H,23,25). The van der Waals surface area contributed by atoms with E-state index in [1.807, 2.05) is 13.8 Å². The van der Waals surface area contributed by atoms with Crippen molar-refractivity contribution >= 4 is 46.4 Å². The summed E-state index contributed by atoms with van der Waals surface area (Å²) < 4.78 is 10.7. The molecule has 2 N–H and O–H groups in total. The molecule has 0 aromatic heterocycles. The van der Waals surface area contributed by atoms with Crippen LogP contribution in [0.4, 0.5) is 11.4 Å². The molecule has 0 aliphatic rings. The maximum atomic E-state index is 12.1. The minimum absolute atomic E-state index is 0.323. The number of hydrogen-bond acceptors (Lipinski definition) is 4. The number of nitrogens with one attached hydrogen (secondary N) is 2. The van der Waals surface area contributed by atoms with E-state index in [0.717, 1.165) is 0 Å². The fraction of sp³-hybridized carbons (Fsp3) is 0.263. The Balaban J connectivity index is 1.93. The summed E-state index contributed by atoms with van der Waals surface area (Å²) in [5.74, 6) is 0.202. The summed E-state index contributed by atoms with van der Waals surface area (Å²) >= 11 is 12.2. The Labute approximate surface area is 167 Å². The van der Waals surface area contributed by atoms with Gasteiger partial charge in [-0.1, -0.05) is 23.2 Å². The molecule has 0 saturated carbocycles. The number of anilines is 2. The normalized spacial score (nSPS) is 10.2. The number of rotatable bonds is 8. The topological polar surface area (TPSA) is 76.7 Å². The smallest absolute Gasteiger partial charge is 0.233 e. The van der Waals surface area contributed by atoms with Crippen molar-refractivity contribution in [2.24, 2.45) is 0 Å². The van der Waals surface area contributed by atoms with Gasteiger partial charge in [0.05, 0.1) is 34.6 Å². The number of amides is 2. The van der Waals surface area contributed by atoms with Crippen molar-refractivity contribution in [2.75, 3.05) is 23.8 Å². The lowest BCUT2D eigenvalue weighted by atomic mass is 10.2. The lowest BCUT2D eigenvalue weighted by molar-refractivity contribution is -0.123. The third-order valence-electron chi connectivity index (χ3n) is 3.37. The van der Waals surface area contributed by atoms with Crippen molar-refractivity contribution < 1.29 is 19.1 Å². The van der Waals surface area contributed by atoms with E-state index in [-0.39, 0.29) is 6.42 Å². The molecule has 0 atom stereocenters. The highest BCUT2D eigenvalue weighted by Gasteiger charge is 2.13. The Morgan fingerprint density at radius 1 is 0.815 bits per heavy atom. The number of ether oxygens (including phenoxy) is 2. The zero-order valence-corrected chi connectivity index (χ0v) is 16.5. The van der Waals surface area contributed by atoms with Crippen molar-refractivity contribution in [3.05, 3.63) is 46.4 Å². The third kappa shape index (κ3) is 6.34. The lowest BCUT2D eigenvalue weighted by Crippen LogP contribution is -2.21. The first-order chi connectivity index (χ1) is 12.9. The molecule has 2 aromatic carbocycles. The van der Waals surface area contributed by atoms with Gasteiger partial charge < -0.3 is 20.1 Å². The quantitative estimate of drug-likeness (QED) is 0.615. The molecule has 2 amide bonds. The number of hydrogen-bond donors (Lipinski definition) is 2. The number of carbonyl (C=O) groups excluding carboxylic acids is 2. The first-order valence-corrected chi connectivity index (χ1v) is 9.13. The Morgan fingerprint density at radius 3 is 1.56 bits per heavy atom. The van der Waals surface area contributed by atoms with Gasteiger partial charge in [0.25, 0.3) is 0 Å². The number of halogens is 2. The summed E-state index contributed by atoms with van der Waals surface area (Å²) in [5.41, 5.74) is 0.800. The summed E-state index contributed by atoms with van der Waals surface area (Å²) in [4.78, 5) is 24.2. The highest BCUT2D eigenvalue weighted by molar-refractivity contribution is 6.34. The first-order valence-electron chi connectivity index (χ1n) is 8.37. The van der Waals surface area contributed by atoms with Gasteiger partial charge >= 0.3 is 0 Å². The largest absolute Gasteiger partial charge is 0.494 e. The minimum Gasteiger partial charge on any atom is -0.494 e. The van der Waals surface area contributed by atoms with Crippen LogP contribution < -0.4 is 20.1 Å². The first kappa shape index (κ1) is 20.9. The van der Waals surface area contributed by atoms with Crippen LogP contribution in [0.15, 0.2) is 36.4 Å². The highest BCUT2D eigenvalue weighted by Crippen LogP contribution is 2.28. The van der Waals surface area contributed by atoms with Crippen molar-refractivity contribution in [1.82, 2.24) is 0 Å². The summed E-state index contributed by atoms with van der Waals surface area (Å²) in [6, 6.07) is 9.80.